The Morgan fingerprint density at radius 1 is 1.25 bits per heavy atom. The van der Waals surface area contributed by atoms with Crippen molar-refractivity contribution in [1.29, 1.82) is 0 Å². The number of carbonyl (C=O) groups is 1. The highest BCUT2D eigenvalue weighted by molar-refractivity contribution is 5.85. The average molecular weight is 248 g/mol. The molecule has 2 aliphatic rings. The highest BCUT2D eigenvalue weighted by Gasteiger charge is 2.27. The molecule has 2 saturated heterocycles. The van der Waals surface area contributed by atoms with E-state index in [0.29, 0.717) is 11.9 Å². The van der Waals surface area contributed by atoms with Gasteiger partial charge >= 0.3 is 0 Å². The SMILES string of the molecule is CC1CN(C(=O)C2CCCCN2)CCN1.Cl. The fraction of sp³-hybridized carbons (Fsp3) is 0.909. The second-order valence-electron chi connectivity index (χ2n) is 4.64. The number of carbonyl (C=O) groups excluding carboxylic acids is 1. The van der Waals surface area contributed by atoms with Crippen LogP contribution < -0.4 is 10.6 Å². The van der Waals surface area contributed by atoms with Crippen LogP contribution in [0.2, 0.25) is 0 Å². The van der Waals surface area contributed by atoms with Crippen molar-refractivity contribution >= 4 is 18.3 Å². The molecule has 0 spiro atoms. The summed E-state index contributed by atoms with van der Waals surface area (Å²) in [6, 6.07) is 0.523. The number of hydrogen-bond donors (Lipinski definition) is 2. The molecule has 2 atom stereocenters. The lowest BCUT2D eigenvalue weighted by Crippen LogP contribution is -2.56. The van der Waals surface area contributed by atoms with Gasteiger partial charge in [-0.1, -0.05) is 6.42 Å². The van der Waals surface area contributed by atoms with Crippen molar-refractivity contribution in [1.82, 2.24) is 15.5 Å². The number of nitrogens with zero attached hydrogens (tertiary/aromatic N) is 1. The zero-order valence-corrected chi connectivity index (χ0v) is 10.7. The van der Waals surface area contributed by atoms with Crippen LogP contribution in [0.25, 0.3) is 0 Å². The summed E-state index contributed by atoms with van der Waals surface area (Å²) >= 11 is 0. The van der Waals surface area contributed by atoms with Crippen molar-refractivity contribution in [2.45, 2.75) is 38.3 Å². The Balaban J connectivity index is 0.00000128. The minimum Gasteiger partial charge on any atom is -0.339 e. The number of nitrogens with one attached hydrogen (secondary N) is 2. The fourth-order valence-electron chi connectivity index (χ4n) is 2.42. The molecule has 2 rings (SSSR count). The molecule has 0 aromatic rings. The van der Waals surface area contributed by atoms with Crippen molar-refractivity contribution in [3.63, 3.8) is 0 Å². The Morgan fingerprint density at radius 3 is 2.69 bits per heavy atom. The molecule has 0 aromatic heterocycles. The monoisotopic (exact) mass is 247 g/mol. The largest absolute Gasteiger partial charge is 0.339 e. The van der Waals surface area contributed by atoms with Crippen molar-refractivity contribution in [2.24, 2.45) is 0 Å². The lowest BCUT2D eigenvalue weighted by atomic mass is 10.0. The van der Waals surface area contributed by atoms with Crippen molar-refractivity contribution in [2.75, 3.05) is 26.2 Å². The average Bonchev–Trinajstić information content (AvgIpc) is 2.29. The molecule has 94 valence electrons. The van der Waals surface area contributed by atoms with Crippen LogP contribution in [-0.4, -0.2) is 49.1 Å². The molecule has 0 aromatic carbocycles. The summed E-state index contributed by atoms with van der Waals surface area (Å²) in [7, 11) is 0. The summed E-state index contributed by atoms with van der Waals surface area (Å²) in [4.78, 5) is 14.1. The van der Waals surface area contributed by atoms with Gasteiger partial charge in [0.2, 0.25) is 5.91 Å². The molecule has 1 amide bonds. The summed E-state index contributed by atoms with van der Waals surface area (Å²) in [5.74, 6) is 0.308. The molecule has 0 bridgehead atoms. The van der Waals surface area contributed by atoms with Gasteiger partial charge in [0.25, 0.3) is 0 Å². The number of piperazine rings is 1. The Morgan fingerprint density at radius 2 is 2.06 bits per heavy atom. The smallest absolute Gasteiger partial charge is 0.239 e. The second kappa shape index (κ2) is 6.42. The summed E-state index contributed by atoms with van der Waals surface area (Å²) in [5.41, 5.74) is 0. The standard InChI is InChI=1S/C11H21N3O.ClH/c1-9-8-14(7-6-12-9)11(15)10-4-2-3-5-13-10;/h9-10,12-13H,2-8H2,1H3;1H. The van der Waals surface area contributed by atoms with E-state index < -0.39 is 0 Å². The van der Waals surface area contributed by atoms with Crippen LogP contribution in [0.15, 0.2) is 0 Å². The molecule has 0 saturated carbocycles. The Hall–Kier alpha value is -0.320. The van der Waals surface area contributed by atoms with E-state index in [1.165, 1.54) is 12.8 Å². The third-order valence-corrected chi connectivity index (χ3v) is 3.29. The molecule has 0 radical (unpaired) electrons. The van der Waals surface area contributed by atoms with Gasteiger partial charge in [0.15, 0.2) is 0 Å². The predicted molar refractivity (Wildman–Crippen MR) is 66.9 cm³/mol. The van der Waals surface area contributed by atoms with Crippen LogP contribution in [0, 0.1) is 0 Å². The Labute approximate surface area is 104 Å². The van der Waals surface area contributed by atoms with Crippen LogP contribution >= 0.6 is 12.4 Å². The highest BCUT2D eigenvalue weighted by Crippen LogP contribution is 2.11. The zero-order chi connectivity index (χ0) is 10.7. The maximum Gasteiger partial charge on any atom is 0.239 e. The van der Waals surface area contributed by atoms with Crippen LogP contribution in [0.4, 0.5) is 0 Å². The first-order valence-corrected chi connectivity index (χ1v) is 6.03. The first-order valence-electron chi connectivity index (χ1n) is 6.03. The predicted octanol–water partition coefficient (Wildman–Crippen LogP) is 0.371. The van der Waals surface area contributed by atoms with E-state index in [0.717, 1.165) is 32.6 Å². The van der Waals surface area contributed by atoms with Crippen LogP contribution in [0.1, 0.15) is 26.2 Å². The molecule has 2 aliphatic heterocycles. The lowest BCUT2D eigenvalue weighted by molar-refractivity contribution is -0.135. The summed E-state index contributed by atoms with van der Waals surface area (Å²) in [6.07, 6.45) is 3.41. The van der Waals surface area contributed by atoms with E-state index >= 15 is 0 Å². The molecule has 2 N–H and O–H groups in total. The lowest BCUT2D eigenvalue weighted by Gasteiger charge is -2.35. The molecular weight excluding hydrogens is 226 g/mol. The van der Waals surface area contributed by atoms with Gasteiger partial charge in [0, 0.05) is 25.7 Å². The number of piperidine rings is 1. The van der Waals surface area contributed by atoms with Gasteiger partial charge in [-0.2, -0.15) is 0 Å². The van der Waals surface area contributed by atoms with Gasteiger partial charge in [-0.25, -0.2) is 0 Å². The highest BCUT2D eigenvalue weighted by atomic mass is 35.5. The molecule has 2 heterocycles. The van der Waals surface area contributed by atoms with E-state index in [9.17, 15) is 4.79 Å². The molecular formula is C11H22ClN3O. The number of halogens is 1. The summed E-state index contributed by atoms with van der Waals surface area (Å²) < 4.78 is 0. The molecule has 4 nitrogen and oxygen atoms in total. The van der Waals surface area contributed by atoms with Crippen LogP contribution in [-0.2, 0) is 4.79 Å². The van der Waals surface area contributed by atoms with Gasteiger partial charge in [0.1, 0.15) is 0 Å². The number of rotatable bonds is 1. The molecule has 0 aliphatic carbocycles. The summed E-state index contributed by atoms with van der Waals surface area (Å²) in [5, 5.41) is 6.67. The zero-order valence-electron chi connectivity index (χ0n) is 9.87. The molecule has 2 fully saturated rings. The summed E-state index contributed by atoms with van der Waals surface area (Å²) in [6.45, 7) is 5.78. The number of hydrogen-bond acceptors (Lipinski definition) is 3. The van der Waals surface area contributed by atoms with Crippen LogP contribution in [0.3, 0.4) is 0 Å². The van der Waals surface area contributed by atoms with E-state index in [4.69, 9.17) is 0 Å². The van der Waals surface area contributed by atoms with E-state index in [1.54, 1.807) is 0 Å². The fourth-order valence-corrected chi connectivity index (χ4v) is 2.42. The number of amides is 1. The minimum absolute atomic E-state index is 0. The molecule has 16 heavy (non-hydrogen) atoms. The molecule has 5 heteroatoms. The normalized spacial score (nSPS) is 30.7. The van der Waals surface area contributed by atoms with Gasteiger partial charge in [0.05, 0.1) is 6.04 Å². The topological polar surface area (TPSA) is 44.4 Å². The van der Waals surface area contributed by atoms with Crippen molar-refractivity contribution in [3.05, 3.63) is 0 Å². The maximum absolute atomic E-state index is 12.1. The van der Waals surface area contributed by atoms with Crippen molar-refractivity contribution in [3.8, 4) is 0 Å². The first kappa shape index (κ1) is 13.7. The van der Waals surface area contributed by atoms with Gasteiger partial charge in [-0.05, 0) is 26.3 Å². The van der Waals surface area contributed by atoms with Gasteiger partial charge < -0.3 is 15.5 Å². The Kier molecular flexibility index (Phi) is 5.52. The van der Waals surface area contributed by atoms with Crippen LogP contribution in [0.5, 0.6) is 0 Å². The third-order valence-electron chi connectivity index (χ3n) is 3.29. The molecule has 2 unspecified atom stereocenters. The second-order valence-corrected chi connectivity index (χ2v) is 4.64. The Bertz CT molecular complexity index is 231. The third kappa shape index (κ3) is 3.34. The quantitative estimate of drug-likeness (QED) is 0.704. The minimum atomic E-state index is 0. The van der Waals surface area contributed by atoms with E-state index in [2.05, 4.69) is 17.6 Å². The first-order chi connectivity index (χ1) is 7.27. The van der Waals surface area contributed by atoms with Gasteiger partial charge in [-0.3, -0.25) is 4.79 Å². The van der Waals surface area contributed by atoms with Gasteiger partial charge in [-0.15, -0.1) is 12.4 Å². The van der Waals surface area contributed by atoms with Crippen molar-refractivity contribution < 1.29 is 4.79 Å². The van der Waals surface area contributed by atoms with E-state index in [-0.39, 0.29) is 18.4 Å². The maximum atomic E-state index is 12.1. The van der Waals surface area contributed by atoms with E-state index in [1.807, 2.05) is 4.90 Å².